The molecule has 0 aromatic rings. The third-order valence-electron chi connectivity index (χ3n) is 1.53. The molecule has 0 aromatic heterocycles. The highest BCUT2D eigenvalue weighted by Gasteiger charge is 2.53. The Bertz CT molecular complexity index is 42.9. The van der Waals surface area contributed by atoms with Crippen LogP contribution in [-0.2, 0) is 0 Å². The highest BCUT2D eigenvalue weighted by atomic mass is 14.6. The Balaban J connectivity index is 2.30. The third kappa shape index (κ3) is 0.160. The first-order chi connectivity index (χ1) is 2.41. The fourth-order valence-electron chi connectivity index (χ4n) is 0.629. The Morgan fingerprint density at radius 3 is 2.00 bits per heavy atom. The summed E-state index contributed by atoms with van der Waals surface area (Å²) >= 11 is 0. The van der Waals surface area contributed by atoms with Gasteiger partial charge in [0, 0.05) is 0 Å². The Morgan fingerprint density at radius 2 is 2.00 bits per heavy atom. The molecule has 2 radical (unpaired) electrons. The average Bonchev–Trinajstić information content (AvgIpc) is 2.17. The monoisotopic (exact) mass is 66.0 g/mol. The summed E-state index contributed by atoms with van der Waals surface area (Å²) in [6.45, 7) is 0. The van der Waals surface area contributed by atoms with E-state index in [1.807, 2.05) is 0 Å². The molecular weight excluding hydrogens is 60.1 g/mol. The predicted octanol–water partition coefficient (Wildman–Crippen LogP) is 1.25. The minimum atomic E-state index is 0.750. The van der Waals surface area contributed by atoms with Crippen LogP contribution < -0.4 is 0 Å². The van der Waals surface area contributed by atoms with Crippen molar-refractivity contribution in [2.75, 3.05) is 0 Å². The van der Waals surface area contributed by atoms with Crippen molar-refractivity contribution in [3.8, 4) is 0 Å². The smallest absolute Gasteiger partial charge is 0.00998 e. The van der Waals surface area contributed by atoms with E-state index in [0.29, 0.717) is 0 Å². The van der Waals surface area contributed by atoms with Gasteiger partial charge in [0.15, 0.2) is 0 Å². The molecular formula is C5H6. The second-order valence-corrected chi connectivity index (χ2v) is 2.13. The quantitative estimate of drug-likeness (QED) is 0.399. The molecule has 0 atom stereocenters. The molecule has 2 aliphatic rings. The van der Waals surface area contributed by atoms with Crippen LogP contribution in [0.1, 0.15) is 19.3 Å². The summed E-state index contributed by atoms with van der Waals surface area (Å²) in [6.07, 6.45) is 7.50. The van der Waals surface area contributed by atoms with E-state index in [1.54, 1.807) is 0 Å². The molecule has 0 unspecified atom stereocenters. The first-order valence-corrected chi connectivity index (χ1v) is 2.16. The van der Waals surface area contributed by atoms with Crippen molar-refractivity contribution in [1.29, 1.82) is 0 Å². The number of hydrogen-bond donors (Lipinski definition) is 0. The molecule has 2 aliphatic carbocycles. The van der Waals surface area contributed by atoms with Crippen LogP contribution >= 0.6 is 0 Å². The van der Waals surface area contributed by atoms with Crippen LogP contribution in [0, 0.1) is 11.8 Å². The van der Waals surface area contributed by atoms with Crippen LogP contribution in [0.2, 0.25) is 0 Å². The Morgan fingerprint density at radius 1 is 1.40 bits per heavy atom. The zero-order valence-corrected chi connectivity index (χ0v) is 3.12. The largest absolute Gasteiger partial charge is 0.0464 e. The number of hydrogen-bond acceptors (Lipinski definition) is 0. The van der Waals surface area contributed by atoms with Crippen molar-refractivity contribution in [3.05, 3.63) is 6.42 Å². The van der Waals surface area contributed by atoms with Gasteiger partial charge in [-0.05, 0) is 31.1 Å². The molecule has 5 heavy (non-hydrogen) atoms. The molecule has 0 aromatic carbocycles. The molecule has 2 fully saturated rings. The van der Waals surface area contributed by atoms with Crippen LogP contribution in [0.5, 0.6) is 0 Å². The molecule has 0 amide bonds. The van der Waals surface area contributed by atoms with Gasteiger partial charge in [-0.25, -0.2) is 0 Å². The minimum Gasteiger partial charge on any atom is -0.0464 e. The van der Waals surface area contributed by atoms with Crippen molar-refractivity contribution in [3.63, 3.8) is 0 Å². The summed E-state index contributed by atoms with van der Waals surface area (Å²) in [5, 5.41) is 0. The molecule has 0 aliphatic heterocycles. The van der Waals surface area contributed by atoms with Crippen molar-refractivity contribution < 1.29 is 0 Å². The van der Waals surface area contributed by atoms with Crippen LogP contribution in [0.15, 0.2) is 0 Å². The standard InChI is InChI=1S/C5H6/c1-2-5(1)3-4-5/h1-3H2. The van der Waals surface area contributed by atoms with E-state index < -0.39 is 0 Å². The van der Waals surface area contributed by atoms with Gasteiger partial charge in [0.25, 0.3) is 0 Å². The minimum absolute atomic E-state index is 0.750. The maximum Gasteiger partial charge on any atom is -0.00998 e. The van der Waals surface area contributed by atoms with Gasteiger partial charge in [0.2, 0.25) is 0 Å². The topological polar surface area (TPSA) is 0 Å². The lowest BCUT2D eigenvalue weighted by Gasteiger charge is -1.59. The first kappa shape index (κ1) is 2.22. The Hall–Kier alpha value is 0. The van der Waals surface area contributed by atoms with Gasteiger partial charge in [-0.1, -0.05) is 0 Å². The van der Waals surface area contributed by atoms with Crippen molar-refractivity contribution in [1.82, 2.24) is 0 Å². The van der Waals surface area contributed by atoms with E-state index in [1.165, 1.54) is 19.3 Å². The molecule has 2 saturated carbocycles. The molecule has 0 N–H and O–H groups in total. The molecule has 0 saturated heterocycles. The average molecular weight is 66.1 g/mol. The fraction of sp³-hybridized carbons (Fsp3) is 0.800. The van der Waals surface area contributed by atoms with E-state index in [-0.39, 0.29) is 0 Å². The first-order valence-electron chi connectivity index (χ1n) is 2.16. The van der Waals surface area contributed by atoms with Crippen LogP contribution in [0.25, 0.3) is 0 Å². The summed E-state index contributed by atoms with van der Waals surface area (Å²) in [5.74, 6) is 0. The lowest BCUT2D eigenvalue weighted by molar-refractivity contribution is 0.937. The third-order valence-corrected chi connectivity index (χ3v) is 1.53. The van der Waals surface area contributed by atoms with Gasteiger partial charge in [-0.15, -0.1) is 0 Å². The zero-order valence-electron chi connectivity index (χ0n) is 3.12. The lowest BCUT2D eigenvalue weighted by atomic mass is 10.5. The Labute approximate surface area is 32.2 Å². The van der Waals surface area contributed by atoms with E-state index in [4.69, 9.17) is 0 Å². The summed E-state index contributed by atoms with van der Waals surface area (Å²) in [4.78, 5) is 0. The van der Waals surface area contributed by atoms with Gasteiger partial charge in [-0.2, -0.15) is 0 Å². The van der Waals surface area contributed by atoms with Crippen molar-refractivity contribution in [2.45, 2.75) is 19.3 Å². The molecule has 1 spiro atoms. The molecule has 0 heterocycles. The van der Waals surface area contributed by atoms with Crippen molar-refractivity contribution >= 4 is 0 Å². The summed E-state index contributed by atoms with van der Waals surface area (Å²) in [5.41, 5.74) is 0.750. The van der Waals surface area contributed by atoms with E-state index >= 15 is 0 Å². The van der Waals surface area contributed by atoms with Gasteiger partial charge in [0.1, 0.15) is 0 Å². The zero-order chi connectivity index (χ0) is 3.33. The van der Waals surface area contributed by atoms with Gasteiger partial charge in [-0.3, -0.25) is 0 Å². The Kier molecular flexibility index (Phi) is 0.160. The predicted molar refractivity (Wildman–Crippen MR) is 19.5 cm³/mol. The van der Waals surface area contributed by atoms with E-state index in [2.05, 4.69) is 6.42 Å². The highest BCUT2D eigenvalue weighted by Crippen LogP contribution is 2.64. The molecule has 0 nitrogen and oxygen atoms in total. The molecule has 2 rings (SSSR count). The summed E-state index contributed by atoms with van der Waals surface area (Å²) < 4.78 is 0. The SMILES string of the molecule is [C]1CC12CC2. The fourth-order valence-corrected chi connectivity index (χ4v) is 0.629. The lowest BCUT2D eigenvalue weighted by Crippen LogP contribution is -1.51. The van der Waals surface area contributed by atoms with E-state index in [9.17, 15) is 0 Å². The van der Waals surface area contributed by atoms with Crippen molar-refractivity contribution in [2.24, 2.45) is 5.41 Å². The second-order valence-electron chi connectivity index (χ2n) is 2.13. The van der Waals surface area contributed by atoms with Gasteiger partial charge in [0.05, 0.1) is 0 Å². The van der Waals surface area contributed by atoms with Crippen LogP contribution in [-0.4, -0.2) is 0 Å². The van der Waals surface area contributed by atoms with Crippen LogP contribution in [0.3, 0.4) is 0 Å². The summed E-state index contributed by atoms with van der Waals surface area (Å²) in [6, 6.07) is 0. The van der Waals surface area contributed by atoms with Crippen LogP contribution in [0.4, 0.5) is 0 Å². The normalized spacial score (nSPS) is 38.4. The highest BCUT2D eigenvalue weighted by molar-refractivity contribution is 5.19. The second kappa shape index (κ2) is 0.360. The number of rotatable bonds is 0. The molecule has 26 valence electrons. The molecule has 0 bridgehead atoms. The molecule has 0 heteroatoms. The maximum atomic E-state index is 3.28. The van der Waals surface area contributed by atoms with Gasteiger partial charge < -0.3 is 0 Å². The van der Waals surface area contributed by atoms with Gasteiger partial charge >= 0.3 is 0 Å². The summed E-state index contributed by atoms with van der Waals surface area (Å²) in [7, 11) is 0. The maximum absolute atomic E-state index is 3.28. The van der Waals surface area contributed by atoms with E-state index in [0.717, 1.165) is 5.41 Å².